The van der Waals surface area contributed by atoms with E-state index >= 15 is 0 Å². The van der Waals surface area contributed by atoms with E-state index in [0.29, 0.717) is 40.2 Å². The molecule has 4 aromatic rings. The molecule has 4 heterocycles. The fourth-order valence-electron chi connectivity index (χ4n) is 11.4. The number of unbranched alkanes of at least 4 members (excludes halogenated alkanes) is 10. The van der Waals surface area contributed by atoms with E-state index in [0.717, 1.165) is 140 Å². The lowest BCUT2D eigenvalue weighted by Gasteiger charge is -2.42. The number of hydrogen-bond acceptors (Lipinski definition) is 14. The summed E-state index contributed by atoms with van der Waals surface area (Å²) in [5.41, 5.74) is 2.92. The SMILES string of the molecule is CCCCCCC1(CCCCCC(=O)ON2C(=O)CCC2=O)N=c2ccc(=C3C(=O)C(c4ccc5c6c(cccc46)NC(CCCCCC)(CCCCCC(=O)ON4C(=O)CCC4=O)N5)=C3O)c3cccc(c23)N1. The standard InChI is InChI=1S/C58H68N6O10/c1-3-5-7-13-33-57(35-15-9-11-23-49(69)73-63-45(65)29-30-46(63)66)59-41-21-17-19-37-39(25-27-43(61-57)51(37)41)53-55(71)54(56(53)72)40-26-28-44-52-38(40)20-18-22-42(52)60-58(62-44,34-14-8-6-4-2)36-16-10-12-24-50(70)74-64-47(67)31-32-48(64)68/h17-22,25-28,59-61,71H,3-16,23-24,29-36H2,1-2H3. The predicted octanol–water partition coefficient (Wildman–Crippen LogP) is 10.0. The number of imide groups is 2. The van der Waals surface area contributed by atoms with E-state index in [-0.39, 0.29) is 61.2 Å². The summed E-state index contributed by atoms with van der Waals surface area (Å²) >= 11 is 0. The average Bonchev–Trinajstić information content (AvgIpc) is 3.88. The second kappa shape index (κ2) is 22.6. The summed E-state index contributed by atoms with van der Waals surface area (Å²) in [5, 5.41) is 29.7. The summed E-state index contributed by atoms with van der Waals surface area (Å²) in [7, 11) is 0. The van der Waals surface area contributed by atoms with E-state index < -0.39 is 46.9 Å². The number of rotatable bonds is 25. The molecule has 4 N–H and O–H groups in total. The van der Waals surface area contributed by atoms with Crippen LogP contribution in [0.15, 0.2) is 71.4 Å². The number of carbonyl (C=O) groups excluding carboxylic acids is 7. The molecule has 390 valence electrons. The van der Waals surface area contributed by atoms with Gasteiger partial charge in [0.2, 0.25) is 5.78 Å². The van der Waals surface area contributed by atoms with E-state index in [1.54, 1.807) is 0 Å². The zero-order valence-corrected chi connectivity index (χ0v) is 42.7. The van der Waals surface area contributed by atoms with Gasteiger partial charge in [0.05, 0.1) is 16.5 Å². The van der Waals surface area contributed by atoms with Crippen molar-refractivity contribution in [3.05, 3.63) is 82.6 Å². The number of nitrogens with zero attached hydrogens (tertiary/aromatic N) is 3. The van der Waals surface area contributed by atoms with Crippen LogP contribution in [0.5, 0.6) is 0 Å². The number of aliphatic hydroxyl groups is 1. The third kappa shape index (κ3) is 10.8. The van der Waals surface area contributed by atoms with Crippen LogP contribution >= 0.6 is 0 Å². The molecule has 16 heteroatoms. The van der Waals surface area contributed by atoms with Crippen LogP contribution in [0.3, 0.4) is 0 Å². The minimum absolute atomic E-state index is 0.0468. The Hall–Kier alpha value is -7.10. The molecule has 4 amide bonds. The van der Waals surface area contributed by atoms with E-state index in [9.17, 15) is 38.7 Å². The second-order valence-electron chi connectivity index (χ2n) is 20.6. The fourth-order valence-corrected chi connectivity index (χ4v) is 11.4. The van der Waals surface area contributed by atoms with Crippen molar-refractivity contribution in [3.63, 3.8) is 0 Å². The zero-order chi connectivity index (χ0) is 52.0. The number of hydroxylamine groups is 4. The topological polar surface area (TPSA) is 213 Å². The van der Waals surface area contributed by atoms with Gasteiger partial charge >= 0.3 is 11.9 Å². The highest BCUT2D eigenvalue weighted by Gasteiger charge is 2.40. The van der Waals surface area contributed by atoms with Gasteiger partial charge in [-0.2, -0.15) is 0 Å². The van der Waals surface area contributed by atoms with Crippen molar-refractivity contribution < 1.29 is 48.3 Å². The highest BCUT2D eigenvalue weighted by Crippen LogP contribution is 2.47. The molecule has 0 bridgehead atoms. The number of nitrogens with one attached hydrogen (secondary N) is 3. The maximum Gasteiger partial charge on any atom is 0.333 e. The predicted molar refractivity (Wildman–Crippen MR) is 281 cm³/mol. The Kier molecular flexibility index (Phi) is 15.8. The number of hydrogen-bond donors (Lipinski definition) is 4. The Morgan fingerprint density at radius 2 is 1.05 bits per heavy atom. The van der Waals surface area contributed by atoms with Gasteiger partial charge in [0.1, 0.15) is 17.1 Å². The maximum absolute atomic E-state index is 14.5. The quantitative estimate of drug-likeness (QED) is 0.0360. The number of benzene rings is 4. The van der Waals surface area contributed by atoms with E-state index in [1.807, 2.05) is 54.6 Å². The average molecular weight is 1010 g/mol. The first-order valence-electron chi connectivity index (χ1n) is 27.0. The summed E-state index contributed by atoms with van der Waals surface area (Å²) in [5.74, 6) is -3.42. The first-order valence-corrected chi connectivity index (χ1v) is 27.0. The van der Waals surface area contributed by atoms with Crippen LogP contribution in [-0.2, 0) is 43.2 Å². The summed E-state index contributed by atoms with van der Waals surface area (Å²) in [6.07, 6.45) is 16.4. The number of amides is 4. The third-order valence-electron chi connectivity index (χ3n) is 15.2. The minimum Gasteiger partial charge on any atom is -0.506 e. The summed E-state index contributed by atoms with van der Waals surface area (Å²) in [6, 6.07) is 19.8. The van der Waals surface area contributed by atoms with Crippen LogP contribution in [0.25, 0.3) is 32.7 Å². The molecule has 9 rings (SSSR count). The first kappa shape index (κ1) is 51.8. The first-order chi connectivity index (χ1) is 35.8. The van der Waals surface area contributed by atoms with Crippen LogP contribution in [0.2, 0.25) is 0 Å². The molecule has 74 heavy (non-hydrogen) atoms. The van der Waals surface area contributed by atoms with E-state index in [1.165, 1.54) is 0 Å². The Morgan fingerprint density at radius 3 is 1.59 bits per heavy atom. The molecule has 0 radical (unpaired) electrons. The molecule has 0 saturated carbocycles. The molecule has 1 aliphatic carbocycles. The number of carbonyl (C=O) groups is 7. The molecule has 2 atom stereocenters. The van der Waals surface area contributed by atoms with Gasteiger partial charge in [-0.05, 0) is 110 Å². The van der Waals surface area contributed by atoms with Gasteiger partial charge in [-0.1, -0.05) is 102 Å². The highest BCUT2D eigenvalue weighted by atomic mass is 16.7. The van der Waals surface area contributed by atoms with Gasteiger partial charge in [0.25, 0.3) is 23.6 Å². The van der Waals surface area contributed by atoms with Gasteiger partial charge in [-0.25, -0.2) is 9.59 Å². The van der Waals surface area contributed by atoms with Crippen LogP contribution < -0.4 is 26.5 Å². The molecule has 2 unspecified atom stereocenters. The van der Waals surface area contributed by atoms with Gasteiger partial charge < -0.3 is 30.7 Å². The largest absolute Gasteiger partial charge is 0.506 e. The fraction of sp³-hybridized carbons (Fsp3) is 0.483. The van der Waals surface area contributed by atoms with Crippen molar-refractivity contribution in [1.29, 1.82) is 0 Å². The number of allylic oxidation sites excluding steroid dienone is 2. The van der Waals surface area contributed by atoms with Crippen molar-refractivity contribution in [2.75, 3.05) is 16.0 Å². The molecule has 16 nitrogen and oxygen atoms in total. The van der Waals surface area contributed by atoms with Crippen LogP contribution in [0.4, 0.5) is 17.1 Å². The van der Waals surface area contributed by atoms with Crippen molar-refractivity contribution in [2.45, 2.75) is 179 Å². The lowest BCUT2D eigenvalue weighted by molar-refractivity contribution is -0.197. The van der Waals surface area contributed by atoms with Crippen molar-refractivity contribution in [2.24, 2.45) is 4.99 Å². The normalized spacial score (nSPS) is 20.7. The van der Waals surface area contributed by atoms with Crippen molar-refractivity contribution in [1.82, 2.24) is 10.1 Å². The second-order valence-corrected chi connectivity index (χ2v) is 20.6. The number of aliphatic hydroxyl groups excluding tert-OH is 1. The smallest absolute Gasteiger partial charge is 0.333 e. The number of ketones is 1. The van der Waals surface area contributed by atoms with Crippen molar-refractivity contribution >= 4 is 91.1 Å². The Bertz CT molecular complexity index is 3030. The Labute approximate surface area is 430 Å². The molecule has 4 aromatic carbocycles. The van der Waals surface area contributed by atoms with Gasteiger partial charge in [-0.15, -0.1) is 10.1 Å². The number of Topliss-reactive ketones (excluding diaryl/α,β-unsaturated/α-hetero) is 1. The molecule has 2 saturated heterocycles. The molecule has 5 aliphatic rings. The molecule has 2 fully saturated rings. The summed E-state index contributed by atoms with van der Waals surface area (Å²) in [4.78, 5) is 103. The minimum atomic E-state index is -0.595. The lowest BCUT2D eigenvalue weighted by atomic mass is 9.79. The van der Waals surface area contributed by atoms with Gasteiger partial charge in [-0.3, -0.25) is 29.0 Å². The van der Waals surface area contributed by atoms with Crippen LogP contribution in [-0.4, -0.2) is 67.9 Å². The van der Waals surface area contributed by atoms with E-state index in [4.69, 9.17) is 14.7 Å². The molecule has 0 aromatic heterocycles. The van der Waals surface area contributed by atoms with Crippen LogP contribution in [0, 0.1) is 0 Å². The monoisotopic (exact) mass is 1010 g/mol. The lowest BCUT2D eigenvalue weighted by Crippen LogP contribution is -2.48. The van der Waals surface area contributed by atoms with Gasteiger partial charge in [0.15, 0.2) is 0 Å². The molecular formula is C58H68N6O10. The summed E-state index contributed by atoms with van der Waals surface area (Å²) < 4.78 is 0. The number of anilines is 3. The Balaban J connectivity index is 0.929. The summed E-state index contributed by atoms with van der Waals surface area (Å²) in [6.45, 7) is 4.38. The van der Waals surface area contributed by atoms with Crippen molar-refractivity contribution in [3.8, 4) is 0 Å². The highest BCUT2D eigenvalue weighted by molar-refractivity contribution is 6.53. The van der Waals surface area contributed by atoms with Gasteiger partial charge in [0, 0.05) is 66.4 Å². The maximum atomic E-state index is 14.5. The van der Waals surface area contributed by atoms with Crippen LogP contribution in [0.1, 0.15) is 174 Å². The third-order valence-corrected chi connectivity index (χ3v) is 15.2. The molecular weight excluding hydrogens is 941 g/mol. The molecule has 4 aliphatic heterocycles. The Morgan fingerprint density at radius 1 is 0.554 bits per heavy atom. The zero-order valence-electron chi connectivity index (χ0n) is 42.7. The van der Waals surface area contributed by atoms with E-state index in [2.05, 4.69) is 35.9 Å². The molecule has 0 spiro atoms.